The molecule has 4 aromatic rings. The number of Topliss-reactive ketones (excluding diaryl/α,β-unsaturated/α-hetero) is 1. The van der Waals surface area contributed by atoms with E-state index < -0.39 is 0 Å². The topological polar surface area (TPSA) is 87.3 Å². The lowest BCUT2D eigenvalue weighted by Crippen LogP contribution is -1.99. The predicted octanol–water partition coefficient (Wildman–Crippen LogP) is 4.58. The quantitative estimate of drug-likeness (QED) is 0.269. The Labute approximate surface area is 192 Å². The van der Waals surface area contributed by atoms with Crippen molar-refractivity contribution < 1.29 is 14.3 Å². The number of ketones is 1. The lowest BCUT2D eigenvalue weighted by Gasteiger charge is -2.08. The van der Waals surface area contributed by atoms with Gasteiger partial charge in [0.1, 0.15) is 17.0 Å². The van der Waals surface area contributed by atoms with Crippen molar-refractivity contribution in [2.45, 2.75) is 26.7 Å². The molecule has 0 saturated heterocycles. The number of anilines is 1. The number of ether oxygens (including phenoxy) is 2. The molecule has 0 spiro atoms. The molecule has 2 aromatic heterocycles. The lowest BCUT2D eigenvalue weighted by atomic mass is 10.0. The smallest absolute Gasteiger partial charge is 0.188 e. The van der Waals surface area contributed by atoms with Crippen LogP contribution < -0.4 is 10.5 Å². The second-order valence-corrected chi connectivity index (χ2v) is 7.95. The van der Waals surface area contributed by atoms with E-state index in [0.717, 1.165) is 44.3 Å². The summed E-state index contributed by atoms with van der Waals surface area (Å²) in [5.41, 5.74) is 11.4. The SMILES string of the molecule is COCOc1ccc(C#Cc2cnc3c(N)nc4cc(CCC(C)=O)ccc4c3c2)c(C)c1. The molecule has 6 heteroatoms. The zero-order chi connectivity index (χ0) is 23.4. The van der Waals surface area contributed by atoms with Crippen LogP contribution in [-0.2, 0) is 16.0 Å². The van der Waals surface area contributed by atoms with Crippen molar-refractivity contribution in [1.29, 1.82) is 0 Å². The van der Waals surface area contributed by atoms with Crippen LogP contribution >= 0.6 is 0 Å². The Morgan fingerprint density at radius 3 is 2.70 bits per heavy atom. The molecule has 6 nitrogen and oxygen atoms in total. The van der Waals surface area contributed by atoms with Crippen LogP contribution in [-0.4, -0.2) is 29.7 Å². The molecule has 0 aliphatic carbocycles. The van der Waals surface area contributed by atoms with Crippen LogP contribution in [0.2, 0.25) is 0 Å². The first-order valence-corrected chi connectivity index (χ1v) is 10.7. The van der Waals surface area contributed by atoms with Gasteiger partial charge in [0.05, 0.1) is 5.52 Å². The fourth-order valence-electron chi connectivity index (χ4n) is 3.63. The molecule has 0 aliphatic heterocycles. The molecule has 2 heterocycles. The Hall–Kier alpha value is -3.95. The third kappa shape index (κ3) is 5.11. The minimum atomic E-state index is 0.167. The van der Waals surface area contributed by atoms with Crippen molar-refractivity contribution in [3.63, 3.8) is 0 Å². The van der Waals surface area contributed by atoms with E-state index in [4.69, 9.17) is 15.2 Å². The van der Waals surface area contributed by atoms with E-state index in [1.165, 1.54) is 0 Å². The van der Waals surface area contributed by atoms with Crippen LogP contribution in [0.3, 0.4) is 0 Å². The Morgan fingerprint density at radius 1 is 1.09 bits per heavy atom. The van der Waals surface area contributed by atoms with E-state index in [9.17, 15) is 4.79 Å². The average Bonchev–Trinajstić information content (AvgIpc) is 2.80. The molecule has 33 heavy (non-hydrogen) atoms. The Morgan fingerprint density at radius 2 is 1.94 bits per heavy atom. The molecular formula is C27H25N3O3. The number of methoxy groups -OCH3 is 1. The highest BCUT2D eigenvalue weighted by molar-refractivity contribution is 6.08. The van der Waals surface area contributed by atoms with Crippen molar-refractivity contribution >= 4 is 33.4 Å². The third-order valence-corrected chi connectivity index (χ3v) is 5.37. The van der Waals surface area contributed by atoms with Gasteiger partial charge >= 0.3 is 0 Å². The van der Waals surface area contributed by atoms with Crippen molar-refractivity contribution in [2.24, 2.45) is 0 Å². The number of carbonyl (C=O) groups excluding carboxylic acids is 1. The Balaban J connectivity index is 1.69. The van der Waals surface area contributed by atoms with Gasteiger partial charge in [-0.25, -0.2) is 4.98 Å². The summed E-state index contributed by atoms with van der Waals surface area (Å²) in [5.74, 6) is 7.71. The molecule has 0 fully saturated rings. The third-order valence-electron chi connectivity index (χ3n) is 5.37. The van der Waals surface area contributed by atoms with Gasteiger partial charge in [0, 0.05) is 41.6 Å². The summed E-state index contributed by atoms with van der Waals surface area (Å²) in [7, 11) is 1.59. The van der Waals surface area contributed by atoms with Gasteiger partial charge in [0.25, 0.3) is 0 Å². The minimum absolute atomic E-state index is 0.167. The zero-order valence-corrected chi connectivity index (χ0v) is 18.9. The maximum Gasteiger partial charge on any atom is 0.188 e. The minimum Gasteiger partial charge on any atom is -0.468 e. The summed E-state index contributed by atoms with van der Waals surface area (Å²) in [6, 6.07) is 13.8. The van der Waals surface area contributed by atoms with Crippen molar-refractivity contribution in [2.75, 3.05) is 19.6 Å². The van der Waals surface area contributed by atoms with E-state index in [1.807, 2.05) is 49.4 Å². The number of carbonyl (C=O) groups is 1. The molecule has 0 unspecified atom stereocenters. The highest BCUT2D eigenvalue weighted by Crippen LogP contribution is 2.28. The summed E-state index contributed by atoms with van der Waals surface area (Å²) >= 11 is 0. The second kappa shape index (κ2) is 9.68. The van der Waals surface area contributed by atoms with Crippen LogP contribution in [0, 0.1) is 18.8 Å². The number of rotatable bonds is 6. The van der Waals surface area contributed by atoms with Gasteiger partial charge < -0.3 is 20.0 Å². The summed E-state index contributed by atoms with van der Waals surface area (Å²) in [6.45, 7) is 3.80. The van der Waals surface area contributed by atoms with E-state index in [0.29, 0.717) is 24.2 Å². The standard InChI is InChI=1S/C27H25N3O3/c1-17-12-22(33-16-32-3)10-9-21(17)8-6-20-13-24-23-11-7-19(5-4-18(2)31)14-25(23)30-27(28)26(24)29-15-20/h7,9-15H,4-5,16H2,1-3H3,(H2,28,30). The van der Waals surface area contributed by atoms with Crippen molar-refractivity contribution in [1.82, 2.24) is 9.97 Å². The second-order valence-electron chi connectivity index (χ2n) is 7.95. The van der Waals surface area contributed by atoms with Gasteiger partial charge in [0.15, 0.2) is 12.6 Å². The number of nitrogen functional groups attached to an aromatic ring is 1. The van der Waals surface area contributed by atoms with Gasteiger partial charge in [-0.05, 0) is 61.7 Å². The van der Waals surface area contributed by atoms with E-state index in [-0.39, 0.29) is 12.6 Å². The van der Waals surface area contributed by atoms with Gasteiger partial charge in [-0.2, -0.15) is 0 Å². The van der Waals surface area contributed by atoms with Crippen LogP contribution in [0.1, 0.15) is 35.6 Å². The lowest BCUT2D eigenvalue weighted by molar-refractivity contribution is -0.116. The van der Waals surface area contributed by atoms with Crippen LogP contribution in [0.4, 0.5) is 5.82 Å². The first kappa shape index (κ1) is 22.3. The molecule has 0 atom stereocenters. The molecule has 4 rings (SSSR count). The Bertz CT molecular complexity index is 1420. The summed E-state index contributed by atoms with van der Waals surface area (Å²) in [4.78, 5) is 20.4. The first-order chi connectivity index (χ1) is 15.9. The fourth-order valence-corrected chi connectivity index (χ4v) is 3.63. The molecule has 0 radical (unpaired) electrons. The number of fused-ring (bicyclic) bond motifs is 3. The number of hydrogen-bond donors (Lipinski definition) is 1. The van der Waals surface area contributed by atoms with Gasteiger partial charge in [-0.15, -0.1) is 0 Å². The summed E-state index contributed by atoms with van der Waals surface area (Å²) in [5, 5.41) is 1.86. The zero-order valence-electron chi connectivity index (χ0n) is 18.9. The molecule has 166 valence electrons. The number of aromatic nitrogens is 2. The number of aryl methyl sites for hydroxylation is 2. The average molecular weight is 440 g/mol. The highest BCUT2D eigenvalue weighted by Gasteiger charge is 2.09. The number of benzene rings is 2. The van der Waals surface area contributed by atoms with E-state index in [2.05, 4.69) is 21.8 Å². The number of nitrogens with two attached hydrogens (primary N) is 1. The summed E-state index contributed by atoms with van der Waals surface area (Å²) < 4.78 is 10.4. The van der Waals surface area contributed by atoms with Gasteiger partial charge in [-0.1, -0.05) is 24.0 Å². The molecule has 2 N–H and O–H groups in total. The maximum absolute atomic E-state index is 11.3. The molecular weight excluding hydrogens is 414 g/mol. The molecule has 0 saturated carbocycles. The van der Waals surface area contributed by atoms with Crippen molar-refractivity contribution in [3.05, 3.63) is 70.9 Å². The van der Waals surface area contributed by atoms with Crippen LogP contribution in [0.15, 0.2) is 48.7 Å². The largest absolute Gasteiger partial charge is 0.468 e. The Kier molecular flexibility index (Phi) is 6.53. The number of pyridine rings is 2. The normalized spacial score (nSPS) is 10.8. The summed E-state index contributed by atoms with van der Waals surface area (Å²) in [6.07, 6.45) is 2.91. The van der Waals surface area contributed by atoms with Gasteiger partial charge in [0.2, 0.25) is 0 Å². The fraction of sp³-hybridized carbons (Fsp3) is 0.222. The van der Waals surface area contributed by atoms with Gasteiger partial charge in [-0.3, -0.25) is 4.98 Å². The molecule has 0 bridgehead atoms. The monoisotopic (exact) mass is 439 g/mol. The maximum atomic E-state index is 11.3. The van der Waals surface area contributed by atoms with Crippen molar-refractivity contribution in [3.8, 4) is 17.6 Å². The first-order valence-electron chi connectivity index (χ1n) is 10.7. The predicted molar refractivity (Wildman–Crippen MR) is 130 cm³/mol. The molecule has 2 aromatic carbocycles. The number of hydrogen-bond acceptors (Lipinski definition) is 6. The number of nitrogens with zero attached hydrogens (tertiary/aromatic N) is 2. The van der Waals surface area contributed by atoms with E-state index in [1.54, 1.807) is 20.2 Å². The highest BCUT2D eigenvalue weighted by atomic mass is 16.7. The van der Waals surface area contributed by atoms with Crippen LogP contribution in [0.25, 0.3) is 21.8 Å². The molecule has 0 amide bonds. The van der Waals surface area contributed by atoms with Crippen LogP contribution in [0.5, 0.6) is 5.75 Å². The molecule has 0 aliphatic rings. The van der Waals surface area contributed by atoms with E-state index >= 15 is 0 Å².